The fourth-order valence-corrected chi connectivity index (χ4v) is 4.44. The molecule has 6 nitrogen and oxygen atoms in total. The van der Waals surface area contributed by atoms with E-state index in [4.69, 9.17) is 13.1 Å². The fourth-order valence-electron chi connectivity index (χ4n) is 4.44. The monoisotopic (exact) mass is 681 g/mol. The van der Waals surface area contributed by atoms with Crippen LogP contribution < -0.4 is 0 Å². The molecule has 0 spiro atoms. The average molecular weight is 681 g/mol. The molecular weight excluding hydrogens is 661 g/mol. The van der Waals surface area contributed by atoms with Crippen LogP contribution in [0.5, 0.6) is 0 Å². The predicted molar refractivity (Wildman–Crippen MR) is 146 cm³/mol. The van der Waals surface area contributed by atoms with Crippen molar-refractivity contribution in [3.63, 3.8) is 0 Å². The minimum atomic E-state index is 0. The Balaban J connectivity index is 0.000000210. The number of fused-ring (bicyclic) bond motifs is 3. The fraction of sp³-hybridized carbons (Fsp3) is 0.0938. The van der Waals surface area contributed by atoms with Gasteiger partial charge in [0.15, 0.2) is 11.4 Å². The van der Waals surface area contributed by atoms with E-state index in [1.165, 1.54) is 17.2 Å². The number of pyridine rings is 1. The first-order chi connectivity index (χ1) is 18.6. The van der Waals surface area contributed by atoms with E-state index in [-0.39, 0.29) is 37.0 Å². The molecule has 0 fully saturated rings. The third-order valence-corrected chi connectivity index (χ3v) is 6.32. The van der Waals surface area contributed by atoms with Gasteiger partial charge in [-0.05, 0) is 36.1 Å². The van der Waals surface area contributed by atoms with Crippen LogP contribution in [0, 0.1) is 43.5 Å². The number of hydrogen-bond donors (Lipinski definition) is 0. The Morgan fingerprint density at radius 2 is 1.85 bits per heavy atom. The number of nitrogens with zero attached hydrogens (tertiary/aromatic N) is 6. The van der Waals surface area contributed by atoms with Crippen LogP contribution in [0.2, 0.25) is 0 Å². The van der Waals surface area contributed by atoms with E-state index in [1.54, 1.807) is 6.20 Å². The first kappa shape index (κ1) is 27.2. The van der Waals surface area contributed by atoms with Crippen LogP contribution in [0.1, 0.15) is 16.7 Å². The Hall–Kier alpha value is -4.86. The molecular formula is C32H20IrN6-2. The molecule has 0 amide bonds. The van der Waals surface area contributed by atoms with Gasteiger partial charge < -0.3 is 4.57 Å². The molecule has 7 heteroatoms. The van der Waals surface area contributed by atoms with Crippen molar-refractivity contribution in [3.8, 4) is 39.8 Å². The van der Waals surface area contributed by atoms with Crippen molar-refractivity contribution in [2.45, 2.75) is 19.9 Å². The molecule has 0 N–H and O–H groups in total. The number of imidazole rings is 1. The van der Waals surface area contributed by atoms with Crippen molar-refractivity contribution in [3.05, 3.63) is 131 Å². The van der Waals surface area contributed by atoms with E-state index in [0.717, 1.165) is 35.5 Å². The summed E-state index contributed by atoms with van der Waals surface area (Å²) in [6.45, 7) is 17.7. The van der Waals surface area contributed by atoms with Crippen molar-refractivity contribution >= 4 is 11.4 Å². The molecule has 2 aromatic heterocycles. The molecule has 39 heavy (non-hydrogen) atoms. The molecule has 0 saturated heterocycles. The maximum atomic E-state index is 9.19. The Morgan fingerprint density at radius 3 is 2.59 bits per heavy atom. The zero-order valence-corrected chi connectivity index (χ0v) is 23.3. The third kappa shape index (κ3) is 5.54. The van der Waals surface area contributed by atoms with E-state index < -0.39 is 0 Å². The molecule has 0 bridgehead atoms. The van der Waals surface area contributed by atoms with Gasteiger partial charge in [-0.1, -0.05) is 47.5 Å². The summed E-state index contributed by atoms with van der Waals surface area (Å²) >= 11 is 0. The maximum absolute atomic E-state index is 9.19. The summed E-state index contributed by atoms with van der Waals surface area (Å²) in [5, 5.41) is 9.19. The number of aromatic nitrogens is 3. The van der Waals surface area contributed by atoms with Gasteiger partial charge >= 0.3 is 0 Å². The third-order valence-electron chi connectivity index (χ3n) is 6.32. The second kappa shape index (κ2) is 12.1. The van der Waals surface area contributed by atoms with Gasteiger partial charge in [0.1, 0.15) is 0 Å². The minimum absolute atomic E-state index is 0. The summed E-state index contributed by atoms with van der Waals surface area (Å²) in [4.78, 5) is 15.6. The molecule has 0 unspecified atom stereocenters. The summed E-state index contributed by atoms with van der Waals surface area (Å²) in [6.07, 6.45) is 6.70. The molecule has 0 saturated carbocycles. The van der Waals surface area contributed by atoms with Gasteiger partial charge in [-0.25, -0.2) is 5.26 Å². The van der Waals surface area contributed by atoms with Gasteiger partial charge in [-0.3, -0.25) is 19.7 Å². The quantitative estimate of drug-likeness (QED) is 0.183. The van der Waals surface area contributed by atoms with Crippen molar-refractivity contribution in [2.24, 2.45) is 0 Å². The Labute approximate surface area is 241 Å². The second-order valence-electron chi connectivity index (χ2n) is 8.64. The summed E-state index contributed by atoms with van der Waals surface area (Å²) in [7, 11) is 0. The molecule has 189 valence electrons. The largest absolute Gasteiger partial charge is 0.371 e. The standard InChI is InChI=1S/C21H11N4.C11H9N2.Ir/c1-14-13-25-19(11-17(14)16-7-5-4-6-8-16)18-9-15(12-22)10-20(23-2)21(18)24-3;1-2-4-10-9(3-1)5-7-13-8-6-12-11(10)13;/h4-8,10-11,13H,1H3;1-3,6,8H,5,7H2;/q2*-1;. The first-order valence-corrected chi connectivity index (χ1v) is 11.9. The zero-order valence-electron chi connectivity index (χ0n) is 20.9. The molecule has 5 aromatic rings. The summed E-state index contributed by atoms with van der Waals surface area (Å²) in [5.74, 6) is 1.06. The van der Waals surface area contributed by atoms with Crippen LogP contribution in [0.25, 0.3) is 43.5 Å². The van der Waals surface area contributed by atoms with Crippen LogP contribution in [0.3, 0.4) is 0 Å². The van der Waals surface area contributed by atoms with Crippen molar-refractivity contribution in [1.82, 2.24) is 14.5 Å². The average Bonchev–Trinajstić information content (AvgIpc) is 3.47. The Bertz CT molecular complexity index is 1770. The SMILES string of the molecule is [C-]#[N+]c1cc(C#N)[c-]c(-c2cc(-c3ccccc3)c(C)cn2)c1[N+]#[C-].[Ir].[c-]1cccc2c1-c1nccn1CC2. The van der Waals surface area contributed by atoms with Crippen LogP contribution in [-0.2, 0) is 33.1 Å². The zero-order chi connectivity index (χ0) is 26.5. The van der Waals surface area contributed by atoms with E-state index in [0.29, 0.717) is 11.3 Å². The summed E-state index contributed by atoms with van der Waals surface area (Å²) < 4.78 is 2.18. The van der Waals surface area contributed by atoms with Crippen LogP contribution >= 0.6 is 0 Å². The minimum Gasteiger partial charge on any atom is -0.371 e. The van der Waals surface area contributed by atoms with E-state index in [2.05, 4.69) is 42.4 Å². The second-order valence-corrected chi connectivity index (χ2v) is 8.64. The molecule has 1 aliphatic heterocycles. The van der Waals surface area contributed by atoms with Gasteiger partial charge in [-0.15, -0.1) is 47.5 Å². The van der Waals surface area contributed by atoms with Crippen LogP contribution in [0.4, 0.5) is 11.4 Å². The smallest absolute Gasteiger partial charge is 0.181 e. The molecule has 1 aliphatic rings. The van der Waals surface area contributed by atoms with E-state index in [9.17, 15) is 5.26 Å². The molecule has 1 radical (unpaired) electrons. The van der Waals surface area contributed by atoms with Gasteiger partial charge in [0, 0.05) is 50.9 Å². The molecule has 0 atom stereocenters. The number of nitriles is 1. The van der Waals surface area contributed by atoms with Gasteiger partial charge in [0.2, 0.25) is 0 Å². The molecule has 3 aromatic carbocycles. The Morgan fingerprint density at radius 1 is 1.03 bits per heavy atom. The van der Waals surface area contributed by atoms with Gasteiger partial charge in [-0.2, -0.15) is 0 Å². The predicted octanol–water partition coefficient (Wildman–Crippen LogP) is 7.40. The van der Waals surface area contributed by atoms with Crippen molar-refractivity contribution < 1.29 is 20.1 Å². The molecule has 0 aliphatic carbocycles. The number of rotatable bonds is 2. The number of hydrogen-bond acceptors (Lipinski definition) is 3. The van der Waals surface area contributed by atoms with Crippen LogP contribution in [-0.4, -0.2) is 14.5 Å². The topological polar surface area (TPSA) is 63.2 Å². The van der Waals surface area contributed by atoms with Crippen molar-refractivity contribution in [1.29, 1.82) is 5.26 Å². The van der Waals surface area contributed by atoms with E-state index >= 15 is 0 Å². The number of aryl methyl sites for hydroxylation is 3. The van der Waals surface area contributed by atoms with Gasteiger partial charge in [0.25, 0.3) is 0 Å². The van der Waals surface area contributed by atoms with Crippen LogP contribution in [0.15, 0.2) is 79.3 Å². The summed E-state index contributed by atoms with van der Waals surface area (Å²) in [5.41, 5.74) is 7.00. The van der Waals surface area contributed by atoms with Gasteiger partial charge in [0.05, 0.1) is 19.0 Å². The normalized spacial score (nSPS) is 10.7. The Kier molecular flexibility index (Phi) is 8.45. The first-order valence-electron chi connectivity index (χ1n) is 11.9. The molecule has 3 heterocycles. The van der Waals surface area contributed by atoms with Crippen molar-refractivity contribution in [2.75, 3.05) is 0 Å². The summed E-state index contributed by atoms with van der Waals surface area (Å²) in [6, 6.07) is 27.4. The molecule has 6 rings (SSSR count). The number of benzene rings is 3. The maximum Gasteiger partial charge on any atom is 0.181 e. The van der Waals surface area contributed by atoms with E-state index in [1.807, 2.05) is 73.9 Å².